The van der Waals surface area contributed by atoms with Crippen molar-refractivity contribution in [3.05, 3.63) is 35.9 Å². The summed E-state index contributed by atoms with van der Waals surface area (Å²) >= 11 is 0. The predicted octanol–water partition coefficient (Wildman–Crippen LogP) is 4.96. The van der Waals surface area contributed by atoms with Crippen molar-refractivity contribution in [2.45, 2.75) is 77.8 Å². The van der Waals surface area contributed by atoms with Crippen LogP contribution >= 0.6 is 0 Å². The summed E-state index contributed by atoms with van der Waals surface area (Å²) in [5.41, 5.74) is 1.46. The highest BCUT2D eigenvalue weighted by atomic mass is 14.9. The van der Waals surface area contributed by atoms with Gasteiger partial charge in [0, 0.05) is 12.1 Å². The first-order chi connectivity index (χ1) is 9.26. The Bertz CT molecular complexity index is 307. The SMILES string of the molecule is CCCCC(CCC)NC(C)CCc1ccccc1. The molecule has 0 saturated heterocycles. The Morgan fingerprint density at radius 2 is 1.68 bits per heavy atom. The van der Waals surface area contributed by atoms with Crippen LogP contribution in [0.4, 0.5) is 0 Å². The van der Waals surface area contributed by atoms with E-state index >= 15 is 0 Å². The molecule has 2 unspecified atom stereocenters. The first-order valence-corrected chi connectivity index (χ1v) is 8.06. The zero-order valence-corrected chi connectivity index (χ0v) is 13.0. The van der Waals surface area contributed by atoms with Crippen molar-refractivity contribution in [1.29, 1.82) is 0 Å². The molecule has 0 aliphatic carbocycles. The Labute approximate surface area is 119 Å². The molecule has 108 valence electrons. The molecule has 0 heterocycles. The van der Waals surface area contributed by atoms with Crippen LogP contribution in [0.15, 0.2) is 30.3 Å². The fourth-order valence-corrected chi connectivity index (χ4v) is 2.62. The molecular formula is C18H31N. The minimum absolute atomic E-state index is 0.619. The van der Waals surface area contributed by atoms with Gasteiger partial charge in [-0.1, -0.05) is 63.4 Å². The van der Waals surface area contributed by atoms with Crippen LogP contribution in [0.25, 0.3) is 0 Å². The van der Waals surface area contributed by atoms with Crippen LogP contribution in [0, 0.1) is 0 Å². The lowest BCUT2D eigenvalue weighted by atomic mass is 10.0. The maximum Gasteiger partial charge on any atom is 0.00694 e. The molecule has 0 spiro atoms. The third-order valence-electron chi connectivity index (χ3n) is 3.77. The fraction of sp³-hybridized carbons (Fsp3) is 0.667. The first-order valence-electron chi connectivity index (χ1n) is 8.06. The molecule has 1 aromatic rings. The standard InChI is InChI=1S/C18H31N/c1-4-6-13-18(10-5-2)19-16(3)14-15-17-11-8-7-9-12-17/h7-9,11-12,16,18-19H,4-6,10,13-15H2,1-3H3. The highest BCUT2D eigenvalue weighted by Gasteiger charge is 2.10. The van der Waals surface area contributed by atoms with E-state index in [1.807, 2.05) is 0 Å². The van der Waals surface area contributed by atoms with Gasteiger partial charge in [0.2, 0.25) is 0 Å². The molecule has 1 aromatic carbocycles. The topological polar surface area (TPSA) is 12.0 Å². The van der Waals surface area contributed by atoms with Crippen LogP contribution in [0.1, 0.15) is 64.9 Å². The van der Waals surface area contributed by atoms with E-state index < -0.39 is 0 Å². The van der Waals surface area contributed by atoms with E-state index in [9.17, 15) is 0 Å². The molecule has 1 nitrogen and oxygen atoms in total. The fourth-order valence-electron chi connectivity index (χ4n) is 2.62. The summed E-state index contributed by atoms with van der Waals surface area (Å²) in [5, 5.41) is 3.82. The van der Waals surface area contributed by atoms with Crippen molar-refractivity contribution in [1.82, 2.24) is 5.32 Å². The van der Waals surface area contributed by atoms with Crippen LogP contribution < -0.4 is 5.32 Å². The van der Waals surface area contributed by atoms with E-state index in [0.29, 0.717) is 6.04 Å². The van der Waals surface area contributed by atoms with Gasteiger partial charge in [-0.15, -0.1) is 0 Å². The number of nitrogens with one attached hydrogen (secondary N) is 1. The summed E-state index contributed by atoms with van der Waals surface area (Å²) in [6.45, 7) is 6.90. The van der Waals surface area contributed by atoms with Crippen molar-refractivity contribution in [3.8, 4) is 0 Å². The lowest BCUT2D eigenvalue weighted by Gasteiger charge is -2.23. The molecule has 0 saturated carbocycles. The van der Waals surface area contributed by atoms with Gasteiger partial charge in [0.1, 0.15) is 0 Å². The maximum atomic E-state index is 3.82. The summed E-state index contributed by atoms with van der Waals surface area (Å²) in [7, 11) is 0. The third kappa shape index (κ3) is 7.37. The lowest BCUT2D eigenvalue weighted by Crippen LogP contribution is -2.36. The Morgan fingerprint density at radius 3 is 2.32 bits per heavy atom. The summed E-state index contributed by atoms with van der Waals surface area (Å²) in [5.74, 6) is 0. The van der Waals surface area contributed by atoms with Crippen LogP contribution in [0.5, 0.6) is 0 Å². The monoisotopic (exact) mass is 261 g/mol. The van der Waals surface area contributed by atoms with Gasteiger partial charge in [-0.05, 0) is 38.2 Å². The Morgan fingerprint density at radius 1 is 0.947 bits per heavy atom. The van der Waals surface area contributed by atoms with Gasteiger partial charge in [-0.25, -0.2) is 0 Å². The van der Waals surface area contributed by atoms with E-state index in [1.165, 1.54) is 50.5 Å². The molecule has 0 radical (unpaired) electrons. The van der Waals surface area contributed by atoms with Gasteiger partial charge in [-0.2, -0.15) is 0 Å². The van der Waals surface area contributed by atoms with E-state index in [4.69, 9.17) is 0 Å². The zero-order chi connectivity index (χ0) is 13.9. The van der Waals surface area contributed by atoms with Gasteiger partial charge in [0.05, 0.1) is 0 Å². The van der Waals surface area contributed by atoms with Crippen molar-refractivity contribution in [2.75, 3.05) is 0 Å². The zero-order valence-electron chi connectivity index (χ0n) is 13.0. The second kappa shape index (κ2) is 10.0. The minimum Gasteiger partial charge on any atom is -0.311 e. The van der Waals surface area contributed by atoms with Gasteiger partial charge in [0.25, 0.3) is 0 Å². The quantitative estimate of drug-likeness (QED) is 0.628. The lowest BCUT2D eigenvalue weighted by molar-refractivity contribution is 0.379. The number of benzene rings is 1. The molecule has 0 aliphatic rings. The molecule has 1 rings (SSSR count). The second-order valence-electron chi connectivity index (χ2n) is 5.72. The van der Waals surface area contributed by atoms with E-state index in [1.54, 1.807) is 0 Å². The van der Waals surface area contributed by atoms with Crippen LogP contribution in [-0.4, -0.2) is 12.1 Å². The number of hydrogen-bond donors (Lipinski definition) is 1. The van der Waals surface area contributed by atoms with Crippen LogP contribution in [0.3, 0.4) is 0 Å². The number of hydrogen-bond acceptors (Lipinski definition) is 1. The van der Waals surface area contributed by atoms with Gasteiger partial charge in [0.15, 0.2) is 0 Å². The average Bonchev–Trinajstić information content (AvgIpc) is 2.44. The summed E-state index contributed by atoms with van der Waals surface area (Å²) < 4.78 is 0. The van der Waals surface area contributed by atoms with Gasteiger partial charge in [-0.3, -0.25) is 0 Å². The van der Waals surface area contributed by atoms with Crippen molar-refractivity contribution in [3.63, 3.8) is 0 Å². The smallest absolute Gasteiger partial charge is 0.00694 e. The summed E-state index contributed by atoms with van der Waals surface area (Å²) in [6, 6.07) is 12.2. The molecule has 0 amide bonds. The van der Waals surface area contributed by atoms with Gasteiger partial charge < -0.3 is 5.32 Å². The Hall–Kier alpha value is -0.820. The average molecular weight is 261 g/mol. The number of aryl methyl sites for hydroxylation is 1. The van der Waals surface area contributed by atoms with Crippen molar-refractivity contribution in [2.24, 2.45) is 0 Å². The maximum absolute atomic E-state index is 3.82. The highest BCUT2D eigenvalue weighted by molar-refractivity contribution is 5.14. The molecule has 1 N–H and O–H groups in total. The second-order valence-corrected chi connectivity index (χ2v) is 5.72. The third-order valence-corrected chi connectivity index (χ3v) is 3.77. The van der Waals surface area contributed by atoms with E-state index in [0.717, 1.165) is 6.04 Å². The highest BCUT2D eigenvalue weighted by Crippen LogP contribution is 2.10. The normalized spacial score (nSPS) is 14.3. The molecule has 1 heteroatoms. The van der Waals surface area contributed by atoms with E-state index in [2.05, 4.69) is 56.4 Å². The summed E-state index contributed by atoms with van der Waals surface area (Å²) in [4.78, 5) is 0. The van der Waals surface area contributed by atoms with Gasteiger partial charge >= 0.3 is 0 Å². The molecule has 2 atom stereocenters. The molecule has 0 fully saturated rings. The molecular weight excluding hydrogens is 230 g/mol. The first kappa shape index (κ1) is 16.2. The van der Waals surface area contributed by atoms with Crippen molar-refractivity contribution >= 4 is 0 Å². The molecule has 0 aliphatic heterocycles. The Kier molecular flexibility index (Phi) is 8.57. The summed E-state index contributed by atoms with van der Waals surface area (Å²) in [6.07, 6.45) is 9.00. The minimum atomic E-state index is 0.619. The molecule has 0 bridgehead atoms. The number of unbranched alkanes of at least 4 members (excludes halogenated alkanes) is 1. The Balaban J connectivity index is 2.29. The molecule has 0 aromatic heterocycles. The van der Waals surface area contributed by atoms with Crippen molar-refractivity contribution < 1.29 is 0 Å². The van der Waals surface area contributed by atoms with Crippen LogP contribution in [0.2, 0.25) is 0 Å². The molecule has 19 heavy (non-hydrogen) atoms. The van der Waals surface area contributed by atoms with E-state index in [-0.39, 0.29) is 0 Å². The largest absolute Gasteiger partial charge is 0.311 e. The number of rotatable bonds is 10. The van der Waals surface area contributed by atoms with Crippen LogP contribution in [-0.2, 0) is 6.42 Å². The predicted molar refractivity (Wildman–Crippen MR) is 85.6 cm³/mol.